The molecule has 0 radical (unpaired) electrons. The van der Waals surface area contributed by atoms with Crippen LogP contribution in [-0.4, -0.2) is 31.8 Å². The molecule has 1 saturated carbocycles. The Balaban J connectivity index is 2.29. The van der Waals surface area contributed by atoms with Crippen molar-refractivity contribution >= 4 is 5.97 Å². The van der Waals surface area contributed by atoms with Crippen molar-refractivity contribution in [3.63, 3.8) is 0 Å². The van der Waals surface area contributed by atoms with Crippen LogP contribution < -0.4 is 5.73 Å². The number of ether oxygens (including phenoxy) is 2. The van der Waals surface area contributed by atoms with Gasteiger partial charge in [-0.1, -0.05) is 6.92 Å². The molecule has 0 bridgehead atoms. The summed E-state index contributed by atoms with van der Waals surface area (Å²) >= 11 is 0. The van der Waals surface area contributed by atoms with Gasteiger partial charge in [-0.25, -0.2) is 0 Å². The second-order valence-corrected chi connectivity index (χ2v) is 4.92. The van der Waals surface area contributed by atoms with Crippen LogP contribution in [0.3, 0.4) is 0 Å². The number of nitrogens with two attached hydrogens (primary N) is 1. The summed E-state index contributed by atoms with van der Waals surface area (Å²) in [7, 11) is 1.72. The molecule has 0 saturated heterocycles. The topological polar surface area (TPSA) is 61.5 Å². The average Bonchev–Trinajstić information content (AvgIpc) is 2.36. The van der Waals surface area contributed by atoms with Gasteiger partial charge in [-0.3, -0.25) is 4.79 Å². The normalized spacial score (nSPS) is 26.5. The smallest absolute Gasteiger partial charge is 0.308 e. The molecule has 0 amide bonds. The Labute approximate surface area is 104 Å². The van der Waals surface area contributed by atoms with Crippen molar-refractivity contribution in [1.29, 1.82) is 0 Å². The molecular formula is C13H25NO3. The van der Waals surface area contributed by atoms with Crippen LogP contribution in [0, 0.1) is 5.92 Å². The maximum absolute atomic E-state index is 11.8. The number of hydrogen-bond acceptors (Lipinski definition) is 4. The Hall–Kier alpha value is -0.610. The summed E-state index contributed by atoms with van der Waals surface area (Å²) in [6.07, 6.45) is 5.95. The first-order valence-electron chi connectivity index (χ1n) is 6.60. The number of carbonyl (C=O) groups excluding carboxylic acids is 1. The highest BCUT2D eigenvalue weighted by atomic mass is 16.5. The molecule has 3 unspecified atom stereocenters. The molecule has 1 rings (SSSR count). The fourth-order valence-corrected chi connectivity index (χ4v) is 2.25. The molecule has 4 nitrogen and oxygen atoms in total. The van der Waals surface area contributed by atoms with Crippen LogP contribution in [0.1, 0.15) is 45.4 Å². The minimum atomic E-state index is -0.0831. The number of methoxy groups -OCH3 is 1. The predicted octanol–water partition coefficient (Wildman–Crippen LogP) is 1.86. The Bertz CT molecular complexity index is 233. The van der Waals surface area contributed by atoms with Crippen LogP contribution in [0.4, 0.5) is 0 Å². The van der Waals surface area contributed by atoms with Crippen molar-refractivity contribution < 1.29 is 14.3 Å². The molecule has 4 heteroatoms. The highest BCUT2D eigenvalue weighted by Crippen LogP contribution is 2.24. The van der Waals surface area contributed by atoms with Crippen molar-refractivity contribution in [1.82, 2.24) is 0 Å². The van der Waals surface area contributed by atoms with Gasteiger partial charge in [0, 0.05) is 13.5 Å². The van der Waals surface area contributed by atoms with Crippen molar-refractivity contribution in [3.05, 3.63) is 0 Å². The Morgan fingerprint density at radius 3 is 2.76 bits per heavy atom. The van der Waals surface area contributed by atoms with Crippen LogP contribution in [0.5, 0.6) is 0 Å². The van der Waals surface area contributed by atoms with E-state index in [1.165, 1.54) is 0 Å². The summed E-state index contributed by atoms with van der Waals surface area (Å²) in [5.74, 6) is -0.123. The zero-order valence-corrected chi connectivity index (χ0v) is 11.0. The first kappa shape index (κ1) is 14.5. The highest BCUT2D eigenvalue weighted by Gasteiger charge is 2.26. The van der Waals surface area contributed by atoms with Gasteiger partial charge < -0.3 is 15.2 Å². The molecule has 1 aliphatic rings. The van der Waals surface area contributed by atoms with Crippen LogP contribution >= 0.6 is 0 Å². The molecule has 0 aromatic carbocycles. The Morgan fingerprint density at radius 1 is 1.41 bits per heavy atom. The van der Waals surface area contributed by atoms with Gasteiger partial charge in [0.2, 0.25) is 0 Å². The largest absolute Gasteiger partial charge is 0.462 e. The maximum Gasteiger partial charge on any atom is 0.308 e. The van der Waals surface area contributed by atoms with Gasteiger partial charge in [-0.2, -0.15) is 0 Å². The van der Waals surface area contributed by atoms with Crippen LogP contribution in [0.2, 0.25) is 0 Å². The summed E-state index contributed by atoms with van der Waals surface area (Å²) in [6, 6.07) is 0. The lowest BCUT2D eigenvalue weighted by atomic mass is 9.94. The number of rotatable bonds is 6. The second-order valence-electron chi connectivity index (χ2n) is 4.92. The second kappa shape index (κ2) is 7.67. The van der Waals surface area contributed by atoms with E-state index in [1.54, 1.807) is 7.11 Å². The van der Waals surface area contributed by atoms with Crippen molar-refractivity contribution in [2.45, 2.75) is 57.7 Å². The first-order valence-corrected chi connectivity index (χ1v) is 6.60. The lowest BCUT2D eigenvalue weighted by molar-refractivity contribution is -0.157. The van der Waals surface area contributed by atoms with Gasteiger partial charge in [0.25, 0.3) is 0 Å². The van der Waals surface area contributed by atoms with E-state index in [-0.39, 0.29) is 24.1 Å². The van der Waals surface area contributed by atoms with Crippen molar-refractivity contribution in [2.75, 3.05) is 13.7 Å². The Kier molecular flexibility index (Phi) is 6.52. The summed E-state index contributed by atoms with van der Waals surface area (Å²) in [4.78, 5) is 11.8. The third-order valence-corrected chi connectivity index (χ3v) is 3.44. The number of hydrogen-bond donors (Lipinski definition) is 1. The fraction of sp³-hybridized carbons (Fsp3) is 0.923. The standard InChI is InChI=1S/C13H25NO3/c1-10(5-4-8-14)13(15)17-12-7-3-6-11(9-12)16-2/h10-12H,3-9,14H2,1-2H3. The van der Waals surface area contributed by atoms with Crippen molar-refractivity contribution in [3.8, 4) is 0 Å². The van der Waals surface area contributed by atoms with E-state index in [2.05, 4.69) is 0 Å². The van der Waals surface area contributed by atoms with E-state index < -0.39 is 0 Å². The van der Waals surface area contributed by atoms with Crippen LogP contribution in [-0.2, 0) is 14.3 Å². The molecule has 1 aliphatic carbocycles. The summed E-state index contributed by atoms with van der Waals surface area (Å²) in [5, 5.41) is 0. The SMILES string of the molecule is COC1CCCC(OC(=O)C(C)CCCN)C1. The molecule has 0 heterocycles. The van der Waals surface area contributed by atoms with Gasteiger partial charge in [-0.15, -0.1) is 0 Å². The summed E-state index contributed by atoms with van der Waals surface area (Å²) in [5.41, 5.74) is 5.43. The van der Waals surface area contributed by atoms with E-state index in [4.69, 9.17) is 15.2 Å². The van der Waals surface area contributed by atoms with E-state index in [1.807, 2.05) is 6.92 Å². The van der Waals surface area contributed by atoms with Crippen molar-refractivity contribution in [2.24, 2.45) is 11.7 Å². The lowest BCUT2D eigenvalue weighted by Gasteiger charge is -2.28. The summed E-state index contributed by atoms with van der Waals surface area (Å²) < 4.78 is 10.8. The minimum Gasteiger partial charge on any atom is -0.462 e. The molecule has 2 N–H and O–H groups in total. The van der Waals surface area contributed by atoms with E-state index in [0.29, 0.717) is 6.54 Å². The number of esters is 1. The Morgan fingerprint density at radius 2 is 2.12 bits per heavy atom. The highest BCUT2D eigenvalue weighted by molar-refractivity contribution is 5.72. The van der Waals surface area contributed by atoms with E-state index >= 15 is 0 Å². The van der Waals surface area contributed by atoms with Crippen LogP contribution in [0.15, 0.2) is 0 Å². The number of carbonyl (C=O) groups is 1. The third-order valence-electron chi connectivity index (χ3n) is 3.44. The molecule has 0 aromatic rings. The first-order chi connectivity index (χ1) is 8.17. The van der Waals surface area contributed by atoms with Gasteiger partial charge in [0.05, 0.1) is 12.0 Å². The molecule has 3 atom stereocenters. The van der Waals surface area contributed by atoms with E-state index in [9.17, 15) is 4.79 Å². The predicted molar refractivity (Wildman–Crippen MR) is 66.6 cm³/mol. The van der Waals surface area contributed by atoms with Gasteiger partial charge >= 0.3 is 5.97 Å². The average molecular weight is 243 g/mol. The zero-order valence-electron chi connectivity index (χ0n) is 11.0. The molecule has 0 spiro atoms. The monoisotopic (exact) mass is 243 g/mol. The quantitative estimate of drug-likeness (QED) is 0.723. The third kappa shape index (κ3) is 5.04. The van der Waals surface area contributed by atoms with Gasteiger partial charge in [0.1, 0.15) is 6.10 Å². The van der Waals surface area contributed by atoms with E-state index in [0.717, 1.165) is 38.5 Å². The molecule has 100 valence electrons. The molecule has 17 heavy (non-hydrogen) atoms. The minimum absolute atomic E-state index is 0.0403. The zero-order chi connectivity index (χ0) is 12.7. The fourth-order valence-electron chi connectivity index (χ4n) is 2.25. The molecule has 0 aliphatic heterocycles. The molecule has 0 aromatic heterocycles. The summed E-state index contributed by atoms with van der Waals surface area (Å²) in [6.45, 7) is 2.54. The molecule has 1 fully saturated rings. The van der Waals surface area contributed by atoms with Gasteiger partial charge in [-0.05, 0) is 38.6 Å². The molecular weight excluding hydrogens is 218 g/mol. The van der Waals surface area contributed by atoms with Gasteiger partial charge in [0.15, 0.2) is 0 Å². The van der Waals surface area contributed by atoms with Crippen LogP contribution in [0.25, 0.3) is 0 Å². The lowest BCUT2D eigenvalue weighted by Crippen LogP contribution is -2.31. The maximum atomic E-state index is 11.8.